The second kappa shape index (κ2) is 10.0. The van der Waals surface area contributed by atoms with E-state index in [0.29, 0.717) is 23.7 Å². The van der Waals surface area contributed by atoms with Gasteiger partial charge in [0, 0.05) is 17.8 Å². The summed E-state index contributed by atoms with van der Waals surface area (Å²) < 4.78 is 11.1. The molecule has 160 valence electrons. The van der Waals surface area contributed by atoms with E-state index in [4.69, 9.17) is 9.47 Å². The second-order valence-corrected chi connectivity index (χ2v) is 7.26. The van der Waals surface area contributed by atoms with E-state index in [9.17, 15) is 9.59 Å². The van der Waals surface area contributed by atoms with Gasteiger partial charge in [-0.3, -0.25) is 9.59 Å². The lowest BCUT2D eigenvalue weighted by atomic mass is 10.1. The number of rotatable bonds is 8. The van der Waals surface area contributed by atoms with E-state index >= 15 is 0 Å². The maximum absolute atomic E-state index is 12.8. The molecule has 0 saturated heterocycles. The van der Waals surface area contributed by atoms with E-state index in [0.717, 1.165) is 18.5 Å². The van der Waals surface area contributed by atoms with Gasteiger partial charge in [0.2, 0.25) is 5.91 Å². The van der Waals surface area contributed by atoms with Crippen molar-refractivity contribution in [3.8, 4) is 11.5 Å². The number of carbonyl (C=O) groups excluding carboxylic acids is 2. The second-order valence-electron chi connectivity index (χ2n) is 7.26. The zero-order valence-electron chi connectivity index (χ0n) is 17.7. The van der Waals surface area contributed by atoms with Crippen molar-refractivity contribution in [1.29, 1.82) is 0 Å². The quantitative estimate of drug-likeness (QED) is 0.697. The van der Waals surface area contributed by atoms with Crippen molar-refractivity contribution in [3.63, 3.8) is 0 Å². The average Bonchev–Trinajstić information content (AvgIpc) is 2.77. The van der Waals surface area contributed by atoms with Gasteiger partial charge in [-0.05, 0) is 37.1 Å². The highest BCUT2D eigenvalue weighted by Crippen LogP contribution is 2.33. The molecule has 2 aromatic rings. The number of methoxy groups -OCH3 is 1. The summed E-state index contributed by atoms with van der Waals surface area (Å²) in [5.41, 5.74) is 1.45. The Morgan fingerprint density at radius 3 is 2.67 bits per heavy atom. The zero-order chi connectivity index (χ0) is 21.5. The molecule has 1 heterocycles. The molecule has 1 atom stereocenters. The van der Waals surface area contributed by atoms with Crippen LogP contribution >= 0.6 is 0 Å². The van der Waals surface area contributed by atoms with Crippen molar-refractivity contribution in [1.82, 2.24) is 5.32 Å². The van der Waals surface area contributed by atoms with Gasteiger partial charge < -0.3 is 25.0 Å². The minimum atomic E-state index is -0.676. The molecule has 30 heavy (non-hydrogen) atoms. The summed E-state index contributed by atoms with van der Waals surface area (Å²) in [5, 5.41) is 5.93. The van der Waals surface area contributed by atoms with Crippen LogP contribution in [0.4, 0.5) is 11.4 Å². The third-order valence-electron chi connectivity index (χ3n) is 5.17. The molecule has 1 unspecified atom stereocenters. The number of ether oxygens (including phenoxy) is 2. The van der Waals surface area contributed by atoms with Crippen LogP contribution in [0.25, 0.3) is 0 Å². The summed E-state index contributed by atoms with van der Waals surface area (Å²) in [6.45, 7) is 4.49. The maximum atomic E-state index is 12.8. The van der Waals surface area contributed by atoms with Crippen LogP contribution in [0.15, 0.2) is 48.5 Å². The van der Waals surface area contributed by atoms with Gasteiger partial charge >= 0.3 is 0 Å². The van der Waals surface area contributed by atoms with E-state index in [1.165, 1.54) is 0 Å². The Morgan fingerprint density at radius 2 is 1.93 bits per heavy atom. The summed E-state index contributed by atoms with van der Waals surface area (Å²) in [7, 11) is 1.58. The number of amides is 2. The lowest BCUT2D eigenvalue weighted by Crippen LogP contribution is -2.52. The average molecular weight is 412 g/mol. The zero-order valence-corrected chi connectivity index (χ0v) is 17.7. The molecule has 0 fully saturated rings. The van der Waals surface area contributed by atoms with Gasteiger partial charge in [-0.1, -0.05) is 32.0 Å². The standard InChI is InChI=1S/C23H29N3O4/c1-4-16(5-2)25-23(28)21-14-26(19-11-6-7-12-20(19)30-21)15-22(27)24-17-9-8-10-18(13-17)29-3/h6-13,16,21H,4-5,14-15H2,1-3H3,(H,24,27)(H,25,28). The van der Waals surface area contributed by atoms with Crippen LogP contribution in [-0.4, -0.2) is 44.2 Å². The van der Waals surface area contributed by atoms with Gasteiger partial charge in [0.1, 0.15) is 11.5 Å². The van der Waals surface area contributed by atoms with Crippen LogP contribution in [-0.2, 0) is 9.59 Å². The highest BCUT2D eigenvalue weighted by Gasteiger charge is 2.32. The smallest absolute Gasteiger partial charge is 0.263 e. The summed E-state index contributed by atoms with van der Waals surface area (Å²) >= 11 is 0. The Bertz CT molecular complexity index is 882. The van der Waals surface area contributed by atoms with Crippen molar-refractivity contribution in [3.05, 3.63) is 48.5 Å². The molecule has 7 nitrogen and oxygen atoms in total. The number of nitrogens with zero attached hydrogens (tertiary/aromatic N) is 1. The third kappa shape index (κ3) is 5.23. The van der Waals surface area contributed by atoms with Crippen LogP contribution < -0.4 is 25.0 Å². The Morgan fingerprint density at radius 1 is 1.17 bits per heavy atom. The number of anilines is 2. The predicted molar refractivity (Wildman–Crippen MR) is 117 cm³/mol. The van der Waals surface area contributed by atoms with Crippen molar-refractivity contribution < 1.29 is 19.1 Å². The van der Waals surface area contributed by atoms with Crippen LogP contribution in [0.1, 0.15) is 26.7 Å². The first-order chi connectivity index (χ1) is 14.5. The Kier molecular flexibility index (Phi) is 7.17. The first kappa shape index (κ1) is 21.5. The Hall–Kier alpha value is -3.22. The Balaban J connectivity index is 1.72. The van der Waals surface area contributed by atoms with E-state index < -0.39 is 6.10 Å². The lowest BCUT2D eigenvalue weighted by Gasteiger charge is -2.35. The highest BCUT2D eigenvalue weighted by molar-refractivity contribution is 5.95. The fourth-order valence-corrected chi connectivity index (χ4v) is 3.45. The normalized spacial score (nSPS) is 15.2. The first-order valence-electron chi connectivity index (χ1n) is 10.3. The molecule has 1 aliphatic rings. The summed E-state index contributed by atoms with van der Waals surface area (Å²) in [4.78, 5) is 27.3. The summed E-state index contributed by atoms with van der Waals surface area (Å²) in [5.74, 6) is 0.931. The summed E-state index contributed by atoms with van der Waals surface area (Å²) in [6.07, 6.45) is 1.04. The lowest BCUT2D eigenvalue weighted by molar-refractivity contribution is -0.129. The number of para-hydroxylation sites is 2. The Labute approximate surface area is 177 Å². The van der Waals surface area contributed by atoms with E-state index in [-0.39, 0.29) is 24.4 Å². The number of fused-ring (bicyclic) bond motifs is 1. The molecule has 3 rings (SSSR count). The van der Waals surface area contributed by atoms with Gasteiger partial charge in [-0.25, -0.2) is 0 Å². The van der Waals surface area contributed by atoms with E-state index in [1.54, 1.807) is 19.2 Å². The van der Waals surface area contributed by atoms with Crippen LogP contribution in [0.5, 0.6) is 11.5 Å². The largest absolute Gasteiger partial charge is 0.497 e. The molecular weight excluding hydrogens is 382 g/mol. The molecule has 0 aromatic heterocycles. The molecule has 1 aliphatic heterocycles. The predicted octanol–water partition coefficient (Wildman–Crippen LogP) is 3.21. The van der Waals surface area contributed by atoms with Crippen molar-refractivity contribution >= 4 is 23.2 Å². The van der Waals surface area contributed by atoms with Crippen molar-refractivity contribution in [2.24, 2.45) is 0 Å². The monoisotopic (exact) mass is 411 g/mol. The molecule has 0 spiro atoms. The summed E-state index contributed by atoms with van der Waals surface area (Å²) in [6, 6.07) is 14.8. The van der Waals surface area contributed by atoms with Crippen LogP contribution in [0, 0.1) is 0 Å². The van der Waals surface area contributed by atoms with Gasteiger partial charge in [0.15, 0.2) is 6.10 Å². The van der Waals surface area contributed by atoms with Crippen molar-refractivity contribution in [2.75, 3.05) is 30.4 Å². The fraction of sp³-hybridized carbons (Fsp3) is 0.391. The molecule has 7 heteroatoms. The number of hydrogen-bond acceptors (Lipinski definition) is 5. The van der Waals surface area contributed by atoms with Gasteiger partial charge in [0.05, 0.1) is 25.9 Å². The molecule has 0 radical (unpaired) electrons. The minimum absolute atomic E-state index is 0.104. The molecule has 0 aliphatic carbocycles. The molecule has 2 amide bonds. The molecule has 0 saturated carbocycles. The third-order valence-corrected chi connectivity index (χ3v) is 5.17. The van der Waals surface area contributed by atoms with Gasteiger partial charge in [0.25, 0.3) is 5.91 Å². The highest BCUT2D eigenvalue weighted by atomic mass is 16.5. The molecule has 0 bridgehead atoms. The van der Waals surface area contributed by atoms with Crippen molar-refractivity contribution in [2.45, 2.75) is 38.8 Å². The van der Waals surface area contributed by atoms with E-state index in [2.05, 4.69) is 10.6 Å². The van der Waals surface area contributed by atoms with Gasteiger partial charge in [-0.2, -0.15) is 0 Å². The number of nitrogens with one attached hydrogen (secondary N) is 2. The molecule has 2 N–H and O–H groups in total. The number of hydrogen-bond donors (Lipinski definition) is 2. The minimum Gasteiger partial charge on any atom is -0.497 e. The molecule has 2 aromatic carbocycles. The van der Waals surface area contributed by atoms with E-state index in [1.807, 2.05) is 55.1 Å². The van der Waals surface area contributed by atoms with Gasteiger partial charge in [-0.15, -0.1) is 0 Å². The fourth-order valence-electron chi connectivity index (χ4n) is 3.45. The first-order valence-corrected chi connectivity index (χ1v) is 10.3. The molecular formula is C23H29N3O4. The topological polar surface area (TPSA) is 79.9 Å². The maximum Gasteiger partial charge on any atom is 0.263 e. The van der Waals surface area contributed by atoms with Crippen LogP contribution in [0.3, 0.4) is 0 Å². The number of benzene rings is 2. The number of carbonyl (C=O) groups is 2. The van der Waals surface area contributed by atoms with Crippen LogP contribution in [0.2, 0.25) is 0 Å². The SMILES string of the molecule is CCC(CC)NC(=O)C1CN(CC(=O)Nc2cccc(OC)c2)c2ccccc2O1.